The van der Waals surface area contributed by atoms with E-state index in [0.29, 0.717) is 17.9 Å². The number of rotatable bonds is 5. The minimum Gasteiger partial charge on any atom is -0.462 e. The summed E-state index contributed by atoms with van der Waals surface area (Å²) in [6.45, 7) is 4.25. The Morgan fingerprint density at radius 1 is 1.13 bits per heavy atom. The van der Waals surface area contributed by atoms with Crippen molar-refractivity contribution in [2.24, 2.45) is 11.8 Å². The van der Waals surface area contributed by atoms with E-state index in [4.69, 9.17) is 4.74 Å². The molecule has 8 nitrogen and oxygen atoms in total. The van der Waals surface area contributed by atoms with Gasteiger partial charge in [0, 0.05) is 18.3 Å². The van der Waals surface area contributed by atoms with Gasteiger partial charge in [-0.25, -0.2) is 10.2 Å². The van der Waals surface area contributed by atoms with Crippen molar-refractivity contribution in [2.45, 2.75) is 26.1 Å². The Kier molecular flexibility index (Phi) is 6.01. The number of ether oxygens (including phenoxy) is 1. The number of hydrazine groups is 1. The van der Waals surface area contributed by atoms with E-state index in [9.17, 15) is 14.4 Å². The normalized spacial score (nSPS) is 25.1. The third kappa shape index (κ3) is 4.17. The topological polar surface area (TPSA) is 99.8 Å². The number of nitrogens with zero attached hydrogens (tertiary/aromatic N) is 1. The number of carbonyl (C=O) groups excluding carboxylic acids is 3. The molecule has 162 valence electrons. The minimum absolute atomic E-state index is 0.0807. The number of hydrogen-bond acceptors (Lipinski definition) is 7. The summed E-state index contributed by atoms with van der Waals surface area (Å²) in [6, 6.07) is 16.1. The summed E-state index contributed by atoms with van der Waals surface area (Å²) in [4.78, 5) is 37.8. The molecule has 2 saturated heterocycles. The van der Waals surface area contributed by atoms with Gasteiger partial charge in [-0.05, 0) is 50.2 Å². The average Bonchev–Trinajstić information content (AvgIpc) is 3.12. The number of esters is 1. The molecule has 4 rings (SSSR count). The van der Waals surface area contributed by atoms with Gasteiger partial charge in [-0.1, -0.05) is 18.2 Å². The van der Waals surface area contributed by atoms with E-state index in [2.05, 4.69) is 16.1 Å². The lowest BCUT2D eigenvalue weighted by molar-refractivity contribution is -0.136. The molecule has 2 heterocycles. The molecule has 2 aromatic carbocycles. The van der Waals surface area contributed by atoms with Gasteiger partial charge in [-0.3, -0.25) is 19.9 Å². The zero-order chi connectivity index (χ0) is 22.0. The monoisotopic (exact) mass is 422 g/mol. The van der Waals surface area contributed by atoms with E-state index in [1.54, 1.807) is 31.2 Å². The number of hydrogen-bond donors (Lipinski definition) is 3. The first-order valence-corrected chi connectivity index (χ1v) is 10.4. The quantitative estimate of drug-likeness (QED) is 0.500. The third-order valence-corrected chi connectivity index (χ3v) is 5.72. The molecule has 3 N–H and O–H groups in total. The van der Waals surface area contributed by atoms with Gasteiger partial charge in [-0.2, -0.15) is 0 Å². The van der Waals surface area contributed by atoms with Gasteiger partial charge in [0.15, 0.2) is 5.78 Å². The Bertz CT molecular complexity index is 963. The lowest BCUT2D eigenvalue weighted by Gasteiger charge is -2.35. The van der Waals surface area contributed by atoms with E-state index in [0.717, 1.165) is 5.69 Å². The van der Waals surface area contributed by atoms with Crippen LogP contribution in [-0.2, 0) is 14.3 Å². The summed E-state index contributed by atoms with van der Waals surface area (Å²) in [6.07, 6.45) is -0.210. The molecule has 0 bridgehead atoms. The fourth-order valence-corrected chi connectivity index (χ4v) is 4.18. The van der Waals surface area contributed by atoms with E-state index < -0.39 is 11.9 Å². The molecule has 0 aliphatic carbocycles. The Morgan fingerprint density at radius 2 is 1.84 bits per heavy atom. The molecule has 0 saturated carbocycles. The maximum atomic E-state index is 13.2. The summed E-state index contributed by atoms with van der Waals surface area (Å²) in [5, 5.41) is 8.13. The van der Waals surface area contributed by atoms with Crippen LogP contribution in [-0.4, -0.2) is 43.0 Å². The van der Waals surface area contributed by atoms with E-state index in [1.807, 2.05) is 42.3 Å². The number of para-hydroxylation sites is 1. The largest absolute Gasteiger partial charge is 0.462 e. The molecular formula is C23H26N4O4. The van der Waals surface area contributed by atoms with Gasteiger partial charge in [-0.15, -0.1) is 0 Å². The van der Waals surface area contributed by atoms with Crippen molar-refractivity contribution in [3.8, 4) is 0 Å². The van der Waals surface area contributed by atoms with Crippen molar-refractivity contribution in [1.82, 2.24) is 10.7 Å². The van der Waals surface area contributed by atoms with Crippen LogP contribution in [0.25, 0.3) is 0 Å². The average molecular weight is 422 g/mol. The highest BCUT2D eigenvalue weighted by molar-refractivity contribution is 6.09. The summed E-state index contributed by atoms with van der Waals surface area (Å²) in [7, 11) is 0. The fraction of sp³-hybridized carbons (Fsp3) is 0.348. The summed E-state index contributed by atoms with van der Waals surface area (Å²) >= 11 is 0. The standard InChI is InChI=1S/C23H26N4O4/c1-3-31-23(30)15-9-11-16(12-10-15)25-22(29)18-13-24-21-19(20(18)28)14(2)26-27(21)17-7-5-4-6-8-17/h4-12,14,18-19,21,24,26H,3,13H2,1-2H3,(H,25,29). The lowest BCUT2D eigenvalue weighted by atomic mass is 9.83. The number of anilines is 2. The number of fused-ring (bicyclic) bond motifs is 1. The Balaban J connectivity index is 1.43. The molecule has 2 aliphatic rings. The predicted molar refractivity (Wildman–Crippen MR) is 116 cm³/mol. The van der Waals surface area contributed by atoms with Gasteiger partial charge < -0.3 is 10.1 Å². The Labute approximate surface area is 180 Å². The second-order valence-electron chi connectivity index (χ2n) is 7.74. The molecule has 4 unspecified atom stereocenters. The SMILES string of the molecule is CCOC(=O)c1ccc(NC(=O)C2CNC3C(C2=O)C(C)NN3c2ccccc2)cc1. The smallest absolute Gasteiger partial charge is 0.338 e. The number of amides is 1. The van der Waals surface area contributed by atoms with Crippen LogP contribution in [0.15, 0.2) is 54.6 Å². The van der Waals surface area contributed by atoms with Crippen LogP contribution >= 0.6 is 0 Å². The van der Waals surface area contributed by atoms with Crippen LogP contribution in [0, 0.1) is 11.8 Å². The highest BCUT2D eigenvalue weighted by Crippen LogP contribution is 2.31. The van der Waals surface area contributed by atoms with Crippen LogP contribution in [0.3, 0.4) is 0 Å². The van der Waals surface area contributed by atoms with E-state index in [1.165, 1.54) is 0 Å². The summed E-state index contributed by atoms with van der Waals surface area (Å²) in [5.74, 6) is -1.99. The van der Waals surface area contributed by atoms with Gasteiger partial charge in [0.05, 0.1) is 23.8 Å². The van der Waals surface area contributed by atoms with Crippen LogP contribution in [0.5, 0.6) is 0 Å². The Morgan fingerprint density at radius 3 is 2.52 bits per heavy atom. The molecule has 0 spiro atoms. The van der Waals surface area contributed by atoms with Crippen LogP contribution in [0.1, 0.15) is 24.2 Å². The van der Waals surface area contributed by atoms with Crippen molar-refractivity contribution >= 4 is 29.0 Å². The highest BCUT2D eigenvalue weighted by atomic mass is 16.5. The second-order valence-corrected chi connectivity index (χ2v) is 7.74. The number of piperidine rings is 1. The van der Waals surface area contributed by atoms with Gasteiger partial charge in [0.25, 0.3) is 0 Å². The minimum atomic E-state index is -0.786. The first-order valence-electron chi connectivity index (χ1n) is 10.4. The van der Waals surface area contributed by atoms with Crippen LogP contribution < -0.4 is 21.1 Å². The first kappa shape index (κ1) is 21.0. The van der Waals surface area contributed by atoms with E-state index in [-0.39, 0.29) is 36.4 Å². The second kappa shape index (κ2) is 8.87. The number of Topliss-reactive ketones (excluding diaryl/α,β-unsaturated/α-hetero) is 1. The van der Waals surface area contributed by atoms with Crippen molar-refractivity contribution in [3.05, 3.63) is 60.2 Å². The number of nitrogens with one attached hydrogen (secondary N) is 3. The molecule has 1 amide bonds. The molecule has 31 heavy (non-hydrogen) atoms. The molecule has 2 fully saturated rings. The van der Waals surface area contributed by atoms with Crippen molar-refractivity contribution < 1.29 is 19.1 Å². The maximum Gasteiger partial charge on any atom is 0.338 e. The van der Waals surface area contributed by atoms with Crippen molar-refractivity contribution in [1.29, 1.82) is 0 Å². The van der Waals surface area contributed by atoms with Gasteiger partial charge >= 0.3 is 5.97 Å². The van der Waals surface area contributed by atoms with Gasteiger partial charge in [0.2, 0.25) is 5.91 Å². The zero-order valence-electron chi connectivity index (χ0n) is 17.5. The van der Waals surface area contributed by atoms with Crippen LogP contribution in [0.2, 0.25) is 0 Å². The third-order valence-electron chi connectivity index (χ3n) is 5.72. The lowest BCUT2D eigenvalue weighted by Crippen LogP contribution is -2.58. The van der Waals surface area contributed by atoms with E-state index >= 15 is 0 Å². The summed E-state index contributed by atoms with van der Waals surface area (Å²) in [5.41, 5.74) is 5.25. The molecule has 4 atom stereocenters. The molecule has 0 radical (unpaired) electrons. The Hall–Kier alpha value is -3.23. The fourth-order valence-electron chi connectivity index (χ4n) is 4.18. The number of ketones is 1. The van der Waals surface area contributed by atoms with Crippen molar-refractivity contribution in [2.75, 3.05) is 23.5 Å². The van der Waals surface area contributed by atoms with Crippen LogP contribution in [0.4, 0.5) is 11.4 Å². The van der Waals surface area contributed by atoms with Crippen molar-refractivity contribution in [3.63, 3.8) is 0 Å². The van der Waals surface area contributed by atoms with Gasteiger partial charge in [0.1, 0.15) is 12.1 Å². The maximum absolute atomic E-state index is 13.2. The molecule has 2 aliphatic heterocycles. The molecule has 8 heteroatoms. The predicted octanol–water partition coefficient (Wildman–Crippen LogP) is 1.95. The number of carbonyl (C=O) groups is 3. The molecular weight excluding hydrogens is 396 g/mol. The highest BCUT2D eigenvalue weighted by Gasteiger charge is 2.50. The first-order chi connectivity index (χ1) is 15.0. The molecule has 0 aromatic heterocycles. The molecule has 2 aromatic rings. The zero-order valence-corrected chi connectivity index (χ0v) is 17.5. The summed E-state index contributed by atoms with van der Waals surface area (Å²) < 4.78 is 4.96. The number of benzene rings is 2.